The van der Waals surface area contributed by atoms with E-state index in [2.05, 4.69) is 15.5 Å². The van der Waals surface area contributed by atoms with Crippen LogP contribution in [0.4, 0.5) is 6.01 Å². The molecule has 2 rings (SSSR count). The van der Waals surface area contributed by atoms with Crippen molar-refractivity contribution in [2.75, 3.05) is 11.9 Å². The van der Waals surface area contributed by atoms with E-state index in [1.165, 1.54) is 0 Å². The van der Waals surface area contributed by atoms with Crippen molar-refractivity contribution in [2.24, 2.45) is 0 Å². The van der Waals surface area contributed by atoms with Crippen molar-refractivity contribution in [1.29, 1.82) is 0 Å². The predicted octanol–water partition coefficient (Wildman–Crippen LogP) is 4.33. The van der Waals surface area contributed by atoms with Crippen LogP contribution < -0.4 is 5.32 Å². The van der Waals surface area contributed by atoms with Gasteiger partial charge in [0, 0.05) is 16.6 Å². The molecule has 1 aromatic heterocycles. The highest BCUT2D eigenvalue weighted by Gasteiger charge is 2.10. The molecule has 2 aromatic rings. The van der Waals surface area contributed by atoms with Crippen molar-refractivity contribution in [1.82, 2.24) is 10.2 Å². The van der Waals surface area contributed by atoms with Crippen molar-refractivity contribution in [3.63, 3.8) is 0 Å². The fraction of sp³-hybridized carbons (Fsp3) is 0.333. The standard InChI is InChI=1S/C12H12Cl3N3O/c1-7(13)11-17-18-12(19-11)16-5-4-8-2-3-9(14)6-10(8)15/h2-3,6-7H,4-5H2,1H3,(H,16,18). The van der Waals surface area contributed by atoms with E-state index in [-0.39, 0.29) is 5.38 Å². The Bertz CT molecular complexity index is 557. The van der Waals surface area contributed by atoms with Gasteiger partial charge in [0.15, 0.2) is 0 Å². The lowest BCUT2D eigenvalue weighted by Crippen LogP contribution is -2.05. The second-order valence-electron chi connectivity index (χ2n) is 3.97. The fourth-order valence-corrected chi connectivity index (χ4v) is 2.09. The number of nitrogens with zero attached hydrogens (tertiary/aromatic N) is 2. The molecule has 7 heteroatoms. The Kier molecular flexibility index (Phi) is 4.91. The summed E-state index contributed by atoms with van der Waals surface area (Å²) >= 11 is 17.7. The van der Waals surface area contributed by atoms with Gasteiger partial charge in [0.25, 0.3) is 0 Å². The number of aromatic nitrogens is 2. The van der Waals surface area contributed by atoms with Gasteiger partial charge < -0.3 is 9.73 Å². The summed E-state index contributed by atoms with van der Waals surface area (Å²) in [6.07, 6.45) is 0.726. The number of anilines is 1. The molecule has 1 heterocycles. The van der Waals surface area contributed by atoms with E-state index in [1.807, 2.05) is 12.1 Å². The van der Waals surface area contributed by atoms with Crippen LogP contribution in [-0.2, 0) is 6.42 Å². The zero-order chi connectivity index (χ0) is 13.8. The van der Waals surface area contributed by atoms with Crippen molar-refractivity contribution >= 4 is 40.8 Å². The topological polar surface area (TPSA) is 51.0 Å². The van der Waals surface area contributed by atoms with Crippen LogP contribution in [-0.4, -0.2) is 16.7 Å². The van der Waals surface area contributed by atoms with Gasteiger partial charge in [0.2, 0.25) is 5.89 Å². The molecule has 0 fully saturated rings. The molecular weight excluding hydrogens is 309 g/mol. The number of halogens is 3. The smallest absolute Gasteiger partial charge is 0.315 e. The number of hydrogen-bond donors (Lipinski definition) is 1. The Morgan fingerprint density at radius 1 is 1.32 bits per heavy atom. The van der Waals surface area contributed by atoms with Gasteiger partial charge in [-0.15, -0.1) is 16.7 Å². The first-order valence-electron chi connectivity index (χ1n) is 5.71. The van der Waals surface area contributed by atoms with Crippen molar-refractivity contribution in [3.05, 3.63) is 39.7 Å². The fourth-order valence-electron chi connectivity index (χ4n) is 1.50. The third kappa shape index (κ3) is 4.00. The number of rotatable bonds is 5. The maximum atomic E-state index is 6.08. The molecule has 19 heavy (non-hydrogen) atoms. The van der Waals surface area contributed by atoms with Crippen LogP contribution >= 0.6 is 34.8 Å². The van der Waals surface area contributed by atoms with Crippen LogP contribution in [0.1, 0.15) is 23.8 Å². The lowest BCUT2D eigenvalue weighted by Gasteiger charge is -2.04. The van der Waals surface area contributed by atoms with Crippen LogP contribution in [0.15, 0.2) is 22.6 Å². The summed E-state index contributed by atoms with van der Waals surface area (Å²) < 4.78 is 5.31. The minimum Gasteiger partial charge on any atom is -0.407 e. The zero-order valence-corrected chi connectivity index (χ0v) is 12.4. The average molecular weight is 321 g/mol. The molecule has 1 N–H and O–H groups in total. The third-order valence-electron chi connectivity index (χ3n) is 2.47. The van der Waals surface area contributed by atoms with Crippen LogP contribution in [0.3, 0.4) is 0 Å². The average Bonchev–Trinajstić information content (AvgIpc) is 2.81. The Hall–Kier alpha value is -0.970. The first-order valence-corrected chi connectivity index (χ1v) is 6.91. The highest BCUT2D eigenvalue weighted by atomic mass is 35.5. The van der Waals surface area contributed by atoms with E-state index in [9.17, 15) is 0 Å². The van der Waals surface area contributed by atoms with Crippen LogP contribution in [0.2, 0.25) is 10.0 Å². The molecule has 0 saturated carbocycles. The quantitative estimate of drug-likeness (QED) is 0.833. The van der Waals surface area contributed by atoms with Gasteiger partial charge in [-0.1, -0.05) is 34.4 Å². The van der Waals surface area contributed by atoms with Gasteiger partial charge in [0.1, 0.15) is 5.38 Å². The summed E-state index contributed by atoms with van der Waals surface area (Å²) in [5.74, 6) is 0.397. The molecule has 4 nitrogen and oxygen atoms in total. The van der Waals surface area contributed by atoms with Crippen molar-refractivity contribution in [3.8, 4) is 0 Å². The Morgan fingerprint density at radius 3 is 2.74 bits per heavy atom. The lowest BCUT2D eigenvalue weighted by atomic mass is 10.1. The van der Waals surface area contributed by atoms with Gasteiger partial charge in [-0.25, -0.2) is 0 Å². The van der Waals surface area contributed by atoms with E-state index in [0.29, 0.717) is 28.5 Å². The summed E-state index contributed by atoms with van der Waals surface area (Å²) in [4.78, 5) is 0. The first-order chi connectivity index (χ1) is 9.06. The molecule has 0 amide bonds. The number of alkyl halides is 1. The van der Waals surface area contributed by atoms with Gasteiger partial charge in [-0.2, -0.15) is 0 Å². The van der Waals surface area contributed by atoms with Gasteiger partial charge in [0.05, 0.1) is 0 Å². The van der Waals surface area contributed by atoms with E-state index in [1.54, 1.807) is 13.0 Å². The first kappa shape index (κ1) is 14.4. The van der Waals surface area contributed by atoms with Gasteiger partial charge in [-0.3, -0.25) is 0 Å². The highest BCUT2D eigenvalue weighted by Crippen LogP contribution is 2.22. The SMILES string of the molecule is CC(Cl)c1nnc(NCCc2ccc(Cl)cc2Cl)o1. The molecular formula is C12H12Cl3N3O. The molecule has 0 aliphatic rings. The molecule has 1 atom stereocenters. The molecule has 1 unspecified atom stereocenters. The van der Waals surface area contributed by atoms with E-state index in [0.717, 1.165) is 12.0 Å². The molecule has 1 aromatic carbocycles. The summed E-state index contributed by atoms with van der Waals surface area (Å²) in [6.45, 7) is 2.39. The molecule has 0 bridgehead atoms. The van der Waals surface area contributed by atoms with Gasteiger partial charge in [-0.05, 0) is 31.0 Å². The number of nitrogens with one attached hydrogen (secondary N) is 1. The van der Waals surface area contributed by atoms with Crippen molar-refractivity contribution < 1.29 is 4.42 Å². The lowest BCUT2D eigenvalue weighted by molar-refractivity contribution is 0.506. The summed E-state index contributed by atoms with van der Waals surface area (Å²) in [5.41, 5.74) is 1.00. The molecule has 0 spiro atoms. The monoisotopic (exact) mass is 319 g/mol. The largest absolute Gasteiger partial charge is 0.407 e. The van der Waals surface area contributed by atoms with E-state index in [4.69, 9.17) is 39.2 Å². The van der Waals surface area contributed by atoms with Crippen LogP contribution in [0, 0.1) is 0 Å². The summed E-state index contributed by atoms with van der Waals surface area (Å²) in [7, 11) is 0. The summed E-state index contributed by atoms with van der Waals surface area (Å²) in [6, 6.07) is 5.78. The highest BCUT2D eigenvalue weighted by molar-refractivity contribution is 6.35. The van der Waals surface area contributed by atoms with Crippen LogP contribution in [0.5, 0.6) is 0 Å². The molecule has 0 saturated heterocycles. The third-order valence-corrected chi connectivity index (χ3v) is 3.24. The molecule has 102 valence electrons. The number of benzene rings is 1. The van der Waals surface area contributed by atoms with Crippen molar-refractivity contribution in [2.45, 2.75) is 18.7 Å². The Labute approximate surface area is 126 Å². The Morgan fingerprint density at radius 2 is 2.11 bits per heavy atom. The van der Waals surface area contributed by atoms with Crippen LogP contribution in [0.25, 0.3) is 0 Å². The van der Waals surface area contributed by atoms with E-state index < -0.39 is 0 Å². The Balaban J connectivity index is 1.89. The number of hydrogen-bond acceptors (Lipinski definition) is 4. The van der Waals surface area contributed by atoms with Gasteiger partial charge >= 0.3 is 6.01 Å². The second-order valence-corrected chi connectivity index (χ2v) is 5.47. The minimum atomic E-state index is -0.297. The maximum absolute atomic E-state index is 6.08. The predicted molar refractivity (Wildman–Crippen MR) is 77.2 cm³/mol. The zero-order valence-electron chi connectivity index (χ0n) is 10.2. The maximum Gasteiger partial charge on any atom is 0.315 e. The van der Waals surface area contributed by atoms with E-state index >= 15 is 0 Å². The molecule has 0 radical (unpaired) electrons. The molecule has 0 aliphatic carbocycles. The summed E-state index contributed by atoms with van der Waals surface area (Å²) in [5, 5.41) is 11.6. The molecule has 0 aliphatic heterocycles. The minimum absolute atomic E-state index is 0.297. The second kappa shape index (κ2) is 6.46. The normalized spacial score (nSPS) is 12.4.